The van der Waals surface area contributed by atoms with Crippen molar-refractivity contribution in [2.24, 2.45) is 0 Å². The fourth-order valence-electron chi connectivity index (χ4n) is 1.88. The third kappa shape index (κ3) is 2.06. The number of benzene rings is 2. The molecule has 2 N–H and O–H groups in total. The summed E-state index contributed by atoms with van der Waals surface area (Å²) in [6, 6.07) is 11.1. The Bertz CT molecular complexity index is 752. The molecule has 1 aromatic heterocycles. The van der Waals surface area contributed by atoms with Gasteiger partial charge in [-0.3, -0.25) is 0 Å². The second kappa shape index (κ2) is 4.59. The molecular formula is C14H11BrN2O2. The third-order valence-corrected chi connectivity index (χ3v) is 3.48. The maximum Gasteiger partial charge on any atom is 0.229 e. The Kier molecular flexibility index (Phi) is 2.91. The maximum atomic E-state index is 5.97. The lowest BCUT2D eigenvalue weighted by molar-refractivity contribution is 0.415. The average molecular weight is 319 g/mol. The second-order valence-corrected chi connectivity index (χ2v) is 4.91. The van der Waals surface area contributed by atoms with E-state index in [9.17, 15) is 0 Å². The van der Waals surface area contributed by atoms with Crippen LogP contribution in [0, 0.1) is 0 Å². The van der Waals surface area contributed by atoms with Gasteiger partial charge >= 0.3 is 0 Å². The van der Waals surface area contributed by atoms with Crippen LogP contribution in [-0.4, -0.2) is 12.1 Å². The van der Waals surface area contributed by atoms with E-state index in [4.69, 9.17) is 14.9 Å². The van der Waals surface area contributed by atoms with Crippen LogP contribution in [0.3, 0.4) is 0 Å². The number of hydrogen-bond acceptors (Lipinski definition) is 4. The molecule has 0 unspecified atom stereocenters. The van der Waals surface area contributed by atoms with Gasteiger partial charge in [0.1, 0.15) is 11.3 Å². The number of hydrogen-bond donors (Lipinski definition) is 1. The highest BCUT2D eigenvalue weighted by molar-refractivity contribution is 9.10. The Labute approximate surface area is 118 Å². The molecule has 0 aliphatic rings. The van der Waals surface area contributed by atoms with Crippen molar-refractivity contribution >= 4 is 32.7 Å². The molecule has 0 aliphatic carbocycles. The predicted molar refractivity (Wildman–Crippen MR) is 78.1 cm³/mol. The van der Waals surface area contributed by atoms with E-state index >= 15 is 0 Å². The van der Waals surface area contributed by atoms with E-state index in [1.807, 2.05) is 24.3 Å². The fourth-order valence-corrected chi connectivity index (χ4v) is 2.31. The molecule has 0 radical (unpaired) electrons. The van der Waals surface area contributed by atoms with Crippen molar-refractivity contribution < 1.29 is 9.15 Å². The number of para-hydroxylation sites is 1. The van der Waals surface area contributed by atoms with Crippen molar-refractivity contribution in [3.8, 4) is 17.2 Å². The number of halogens is 1. The molecule has 0 spiro atoms. The minimum absolute atomic E-state index is 0.485. The Hall–Kier alpha value is -2.01. The molecule has 4 nitrogen and oxygen atoms in total. The van der Waals surface area contributed by atoms with Crippen LogP contribution < -0.4 is 10.5 Å². The van der Waals surface area contributed by atoms with Crippen LogP contribution in [0.4, 0.5) is 5.69 Å². The van der Waals surface area contributed by atoms with E-state index in [-0.39, 0.29) is 0 Å². The van der Waals surface area contributed by atoms with Gasteiger partial charge in [-0.15, -0.1) is 0 Å². The standard InChI is InChI=1S/C14H11BrN2O2/c1-18-8-5-6-11(16)9(7-8)14-17-12-4-2-3-10(15)13(12)19-14/h2-7H,16H2,1H3. The number of anilines is 1. The first-order valence-electron chi connectivity index (χ1n) is 5.68. The van der Waals surface area contributed by atoms with Crippen LogP contribution in [-0.2, 0) is 0 Å². The third-order valence-electron chi connectivity index (χ3n) is 2.86. The molecule has 3 rings (SSSR count). The Balaban J connectivity index is 2.21. The number of rotatable bonds is 2. The van der Waals surface area contributed by atoms with Gasteiger partial charge in [0.15, 0.2) is 5.58 Å². The summed E-state index contributed by atoms with van der Waals surface area (Å²) in [5.74, 6) is 1.20. The zero-order chi connectivity index (χ0) is 13.4. The van der Waals surface area contributed by atoms with Gasteiger partial charge in [0.05, 0.1) is 17.1 Å². The predicted octanol–water partition coefficient (Wildman–Crippen LogP) is 3.85. The molecule has 19 heavy (non-hydrogen) atoms. The van der Waals surface area contributed by atoms with Gasteiger partial charge in [0, 0.05) is 5.69 Å². The maximum absolute atomic E-state index is 5.97. The first-order chi connectivity index (χ1) is 9.19. The van der Waals surface area contributed by atoms with Gasteiger partial charge in [-0.25, -0.2) is 4.98 Å². The molecule has 5 heteroatoms. The molecule has 0 saturated carbocycles. The SMILES string of the molecule is COc1ccc(N)c(-c2nc3cccc(Br)c3o2)c1. The summed E-state index contributed by atoms with van der Waals surface area (Å²) < 4.78 is 11.8. The van der Waals surface area contributed by atoms with Crippen molar-refractivity contribution in [3.05, 3.63) is 40.9 Å². The lowest BCUT2D eigenvalue weighted by Crippen LogP contribution is -1.91. The number of oxazole rings is 1. The first-order valence-corrected chi connectivity index (χ1v) is 6.47. The molecule has 0 saturated heterocycles. The van der Waals surface area contributed by atoms with Crippen LogP contribution in [0.1, 0.15) is 0 Å². The van der Waals surface area contributed by atoms with Crippen LogP contribution in [0.25, 0.3) is 22.6 Å². The highest BCUT2D eigenvalue weighted by Crippen LogP contribution is 2.33. The average Bonchev–Trinajstić information content (AvgIpc) is 2.84. The summed E-state index contributed by atoms with van der Waals surface area (Å²) in [4.78, 5) is 4.45. The Morgan fingerprint density at radius 3 is 2.84 bits per heavy atom. The van der Waals surface area contributed by atoms with Gasteiger partial charge in [0.25, 0.3) is 0 Å². The van der Waals surface area contributed by atoms with E-state index < -0.39 is 0 Å². The van der Waals surface area contributed by atoms with E-state index in [0.29, 0.717) is 22.9 Å². The number of methoxy groups -OCH3 is 1. The topological polar surface area (TPSA) is 61.3 Å². The molecule has 96 valence electrons. The number of fused-ring (bicyclic) bond motifs is 1. The van der Waals surface area contributed by atoms with E-state index in [1.54, 1.807) is 19.2 Å². The van der Waals surface area contributed by atoms with Crippen molar-refractivity contribution in [3.63, 3.8) is 0 Å². The van der Waals surface area contributed by atoms with E-state index in [1.165, 1.54) is 0 Å². The minimum atomic E-state index is 0.485. The summed E-state index contributed by atoms with van der Waals surface area (Å²) >= 11 is 3.44. The zero-order valence-corrected chi connectivity index (χ0v) is 11.8. The minimum Gasteiger partial charge on any atom is -0.497 e. The number of aromatic nitrogens is 1. The van der Waals surface area contributed by atoms with Gasteiger partial charge in [-0.05, 0) is 46.3 Å². The Morgan fingerprint density at radius 1 is 1.26 bits per heavy atom. The van der Waals surface area contributed by atoms with Crippen LogP contribution in [0.15, 0.2) is 45.3 Å². The number of nitrogen functional groups attached to an aromatic ring is 1. The lowest BCUT2D eigenvalue weighted by Gasteiger charge is -2.04. The van der Waals surface area contributed by atoms with Crippen LogP contribution >= 0.6 is 15.9 Å². The molecule has 1 heterocycles. The monoisotopic (exact) mass is 318 g/mol. The van der Waals surface area contributed by atoms with Gasteiger partial charge in [-0.2, -0.15) is 0 Å². The molecule has 3 aromatic rings. The summed E-state index contributed by atoms with van der Waals surface area (Å²) in [6.07, 6.45) is 0. The zero-order valence-electron chi connectivity index (χ0n) is 10.2. The van der Waals surface area contributed by atoms with Gasteiger partial charge in [-0.1, -0.05) is 6.07 Å². The van der Waals surface area contributed by atoms with Gasteiger partial charge in [0.2, 0.25) is 5.89 Å². The van der Waals surface area contributed by atoms with Crippen molar-refractivity contribution in [2.75, 3.05) is 12.8 Å². The highest BCUT2D eigenvalue weighted by atomic mass is 79.9. The molecule has 2 aromatic carbocycles. The van der Waals surface area contributed by atoms with Crippen LogP contribution in [0.2, 0.25) is 0 Å². The summed E-state index contributed by atoms with van der Waals surface area (Å²) in [5, 5.41) is 0. The van der Waals surface area contributed by atoms with Crippen LogP contribution in [0.5, 0.6) is 5.75 Å². The number of ether oxygens (including phenoxy) is 1. The molecule has 0 amide bonds. The smallest absolute Gasteiger partial charge is 0.229 e. The molecule has 0 fully saturated rings. The normalized spacial score (nSPS) is 10.8. The quantitative estimate of drug-likeness (QED) is 0.729. The molecular weight excluding hydrogens is 308 g/mol. The fraction of sp³-hybridized carbons (Fsp3) is 0.0714. The summed E-state index contributed by atoms with van der Waals surface area (Å²) in [5.41, 5.74) is 8.79. The van der Waals surface area contributed by atoms with Crippen molar-refractivity contribution in [2.45, 2.75) is 0 Å². The summed E-state index contributed by atoms with van der Waals surface area (Å²) in [7, 11) is 1.61. The molecule has 0 bridgehead atoms. The van der Waals surface area contributed by atoms with E-state index in [0.717, 1.165) is 15.6 Å². The van der Waals surface area contributed by atoms with Crippen molar-refractivity contribution in [1.29, 1.82) is 0 Å². The van der Waals surface area contributed by atoms with E-state index in [2.05, 4.69) is 20.9 Å². The highest BCUT2D eigenvalue weighted by Gasteiger charge is 2.13. The number of nitrogens with zero attached hydrogens (tertiary/aromatic N) is 1. The Morgan fingerprint density at radius 2 is 2.11 bits per heavy atom. The summed E-state index contributed by atoms with van der Waals surface area (Å²) in [6.45, 7) is 0. The molecule has 0 aliphatic heterocycles. The largest absolute Gasteiger partial charge is 0.497 e. The molecule has 0 atom stereocenters. The van der Waals surface area contributed by atoms with Crippen molar-refractivity contribution in [1.82, 2.24) is 4.98 Å². The first kappa shape index (κ1) is 12.0. The number of nitrogens with two attached hydrogens (primary N) is 1. The second-order valence-electron chi connectivity index (χ2n) is 4.06. The lowest BCUT2D eigenvalue weighted by atomic mass is 10.1. The van der Waals surface area contributed by atoms with Gasteiger partial charge < -0.3 is 14.9 Å².